The third kappa shape index (κ3) is 13.3. The fourth-order valence-corrected chi connectivity index (χ4v) is 11.8. The maximum Gasteiger partial charge on any atom is 0.119 e. The van der Waals surface area contributed by atoms with E-state index in [1.54, 1.807) is 28.4 Å². The molecular weight excluding hydrogens is 1130 g/mol. The van der Waals surface area contributed by atoms with E-state index in [9.17, 15) is 0 Å². The van der Waals surface area contributed by atoms with E-state index >= 15 is 0 Å². The predicted octanol–water partition coefficient (Wildman–Crippen LogP) is 21.5. The van der Waals surface area contributed by atoms with Crippen LogP contribution in [0.5, 0.6) is 23.0 Å². The molecule has 0 aromatic heterocycles. The molecule has 0 bridgehead atoms. The minimum atomic E-state index is 0.808. The monoisotopic (exact) mass is 1210 g/mol. The van der Waals surface area contributed by atoms with Crippen LogP contribution in [0.2, 0.25) is 0 Å². The largest absolute Gasteiger partial charge is 0.497 e. The predicted molar refractivity (Wildman–Crippen MR) is 386 cm³/mol. The Morgan fingerprint density at radius 3 is 0.489 bits per heavy atom. The second-order valence-corrected chi connectivity index (χ2v) is 22.5. The molecule has 0 amide bonds. The van der Waals surface area contributed by atoms with Gasteiger partial charge in [-0.15, -0.1) is 0 Å². The lowest BCUT2D eigenvalue weighted by molar-refractivity contribution is 0.414. The molecule has 12 aromatic carbocycles. The highest BCUT2D eigenvalue weighted by molar-refractivity contribution is 5.85. The lowest BCUT2D eigenvalue weighted by Gasteiger charge is -2.28. The van der Waals surface area contributed by atoms with Gasteiger partial charge in [-0.05, 0) is 266 Å². The summed E-state index contributed by atoms with van der Waals surface area (Å²) in [5.74, 6) is 3.23. The number of anilines is 14. The molecule has 0 spiro atoms. The summed E-state index contributed by atoms with van der Waals surface area (Å²) in [7, 11) is 10.9. The van der Waals surface area contributed by atoms with Crippen LogP contribution in [-0.4, -0.2) is 55.6 Å². The number of nitrogens with zero attached hydrogens (tertiary/aromatic N) is 6. The molecule has 0 aliphatic carbocycles. The van der Waals surface area contributed by atoms with Crippen LogP contribution in [0.1, 0.15) is 13.8 Å². The van der Waals surface area contributed by atoms with Gasteiger partial charge in [0.15, 0.2) is 0 Å². The zero-order valence-electron chi connectivity index (χ0n) is 53.4. The Morgan fingerprint density at radius 1 is 0.196 bits per heavy atom. The third-order valence-electron chi connectivity index (χ3n) is 16.9. The second kappa shape index (κ2) is 28.0. The van der Waals surface area contributed by atoms with Crippen molar-refractivity contribution < 1.29 is 18.9 Å². The first kappa shape index (κ1) is 60.9. The Bertz CT molecular complexity index is 4200. The van der Waals surface area contributed by atoms with E-state index in [0.29, 0.717) is 0 Å². The smallest absolute Gasteiger partial charge is 0.119 e. The van der Waals surface area contributed by atoms with Gasteiger partial charge in [0.05, 0.1) is 28.4 Å². The lowest BCUT2D eigenvalue weighted by atomic mass is 10.0. The summed E-state index contributed by atoms with van der Waals surface area (Å²) in [6.07, 6.45) is 0. The van der Waals surface area contributed by atoms with Gasteiger partial charge in [0.2, 0.25) is 0 Å². The van der Waals surface area contributed by atoms with Crippen LogP contribution in [0.25, 0.3) is 33.4 Å². The Morgan fingerprint density at radius 2 is 0.337 bits per heavy atom. The molecule has 458 valence electrons. The molecule has 0 fully saturated rings. The van der Waals surface area contributed by atoms with E-state index in [4.69, 9.17) is 18.9 Å². The van der Waals surface area contributed by atoms with Crippen molar-refractivity contribution in [2.75, 3.05) is 85.0 Å². The van der Waals surface area contributed by atoms with E-state index in [2.05, 4.69) is 300 Å². The number of hydrogen-bond donors (Lipinski definition) is 0. The molecule has 10 heteroatoms. The van der Waals surface area contributed by atoms with Crippen molar-refractivity contribution in [1.29, 1.82) is 0 Å². The van der Waals surface area contributed by atoms with Crippen LogP contribution in [0.4, 0.5) is 79.6 Å². The average Bonchev–Trinajstić information content (AvgIpc) is 1.22. The number of rotatable bonds is 23. The molecule has 0 atom stereocenters. The SMILES string of the molecule is CCN(CC)c1ccc(N(c2ccc(-c3ccc(N(c4ccc(OC)cc4)c4ccc(OC)cc4)cc3)cc2)c2ccc(-c3ccc(N(c4ccc(-c5ccc(N(c6ccc(OC)cc6)c6ccc(OC)cc6)cc5)cc4)c4ccc(N(C)C)cc4)cc3)cc2)cc1. The molecule has 0 saturated carbocycles. The summed E-state index contributed by atoms with van der Waals surface area (Å²) in [4.78, 5) is 13.6. The Balaban J connectivity index is 0.806. The zero-order chi connectivity index (χ0) is 63.5. The molecular formula is C82H76N6O4. The summed E-state index contributed by atoms with van der Waals surface area (Å²) in [6.45, 7) is 6.29. The molecule has 92 heavy (non-hydrogen) atoms. The van der Waals surface area contributed by atoms with E-state index in [-0.39, 0.29) is 0 Å². The zero-order valence-corrected chi connectivity index (χ0v) is 53.4. The van der Waals surface area contributed by atoms with Crippen molar-refractivity contribution in [2.24, 2.45) is 0 Å². The van der Waals surface area contributed by atoms with E-state index in [1.807, 2.05) is 48.5 Å². The molecule has 12 aromatic rings. The van der Waals surface area contributed by atoms with Gasteiger partial charge in [-0.3, -0.25) is 0 Å². The van der Waals surface area contributed by atoms with Gasteiger partial charge in [0.1, 0.15) is 23.0 Å². The lowest BCUT2D eigenvalue weighted by Crippen LogP contribution is -2.21. The summed E-state index contributed by atoms with van der Waals surface area (Å²) < 4.78 is 22.0. The van der Waals surface area contributed by atoms with E-state index in [0.717, 1.165) is 143 Å². The van der Waals surface area contributed by atoms with E-state index in [1.165, 1.54) is 5.69 Å². The highest BCUT2D eigenvalue weighted by Gasteiger charge is 2.20. The first-order chi connectivity index (χ1) is 45.1. The fraction of sp³-hybridized carbons (Fsp3) is 0.122. The van der Waals surface area contributed by atoms with E-state index < -0.39 is 0 Å². The summed E-state index contributed by atoms with van der Waals surface area (Å²) in [6, 6.07) is 103. The van der Waals surface area contributed by atoms with Crippen molar-refractivity contribution in [3.05, 3.63) is 291 Å². The molecule has 0 saturated heterocycles. The molecule has 0 unspecified atom stereocenters. The maximum absolute atomic E-state index is 5.50. The first-order valence-corrected chi connectivity index (χ1v) is 31.1. The third-order valence-corrected chi connectivity index (χ3v) is 16.9. The molecule has 0 radical (unpaired) electrons. The number of hydrogen-bond acceptors (Lipinski definition) is 10. The topological polar surface area (TPSA) is 56.4 Å². The average molecular weight is 1210 g/mol. The van der Waals surface area contributed by atoms with Gasteiger partial charge >= 0.3 is 0 Å². The second-order valence-electron chi connectivity index (χ2n) is 22.5. The van der Waals surface area contributed by atoms with Crippen molar-refractivity contribution in [1.82, 2.24) is 0 Å². The van der Waals surface area contributed by atoms with Crippen LogP contribution in [0, 0.1) is 0 Å². The van der Waals surface area contributed by atoms with Crippen LogP contribution in [0.15, 0.2) is 291 Å². The van der Waals surface area contributed by atoms with Crippen molar-refractivity contribution >= 4 is 79.6 Å². The Kier molecular flexibility index (Phi) is 18.5. The standard InChI is InChI=1S/C82H76N6O4/c1-9-84(10-2)66-37-41-74(42-38-66)86(70-29-17-62(18-30-70)64-21-33-72(34-22-64)88(77-47-55-81(91-7)56-48-77)78-49-57-82(92-8)58-50-78)69-27-15-61(16-28-69)59-11-23-67(24-12-59)85(73-39-35-65(36-40-73)83(3)4)68-25-13-60(14-26-68)63-19-31-71(32-20-63)87(75-43-51-79(89-5)52-44-75)76-45-53-80(90-6)54-46-76/h11-58H,9-10H2,1-8H3. The molecule has 0 N–H and O–H groups in total. The van der Waals surface area contributed by atoms with Crippen LogP contribution in [-0.2, 0) is 0 Å². The molecule has 12 rings (SSSR count). The maximum atomic E-state index is 5.50. The number of methoxy groups -OCH3 is 4. The molecule has 0 aliphatic rings. The quantitative estimate of drug-likeness (QED) is 0.0619. The van der Waals surface area contributed by atoms with Crippen LogP contribution in [0.3, 0.4) is 0 Å². The molecule has 10 nitrogen and oxygen atoms in total. The van der Waals surface area contributed by atoms with Gasteiger partial charge < -0.3 is 48.3 Å². The number of ether oxygens (including phenoxy) is 4. The summed E-state index contributed by atoms with van der Waals surface area (Å²) >= 11 is 0. The van der Waals surface area contributed by atoms with Crippen LogP contribution >= 0.6 is 0 Å². The molecule has 0 aliphatic heterocycles. The molecule has 0 heterocycles. The highest BCUT2D eigenvalue weighted by Crippen LogP contribution is 2.43. The van der Waals surface area contributed by atoms with Gasteiger partial charge in [0.25, 0.3) is 0 Å². The van der Waals surface area contributed by atoms with Gasteiger partial charge in [0, 0.05) is 107 Å². The summed E-state index contributed by atoms with van der Waals surface area (Å²) in [5, 5.41) is 0. The minimum Gasteiger partial charge on any atom is -0.497 e. The highest BCUT2D eigenvalue weighted by atomic mass is 16.5. The number of benzene rings is 12. The minimum absolute atomic E-state index is 0.808. The van der Waals surface area contributed by atoms with Gasteiger partial charge in [-0.25, -0.2) is 0 Å². The van der Waals surface area contributed by atoms with Gasteiger partial charge in [-0.1, -0.05) is 72.8 Å². The van der Waals surface area contributed by atoms with Crippen molar-refractivity contribution in [3.63, 3.8) is 0 Å². The first-order valence-electron chi connectivity index (χ1n) is 31.1. The summed E-state index contributed by atoms with van der Waals surface area (Å²) in [5.41, 5.74) is 21.6. The Labute approximate surface area is 542 Å². The fourth-order valence-electron chi connectivity index (χ4n) is 11.8. The van der Waals surface area contributed by atoms with Crippen LogP contribution < -0.4 is 48.3 Å². The normalized spacial score (nSPS) is 10.9. The van der Waals surface area contributed by atoms with Crippen molar-refractivity contribution in [2.45, 2.75) is 13.8 Å². The Hall–Kier alpha value is -11.4. The van der Waals surface area contributed by atoms with Gasteiger partial charge in [-0.2, -0.15) is 0 Å². The van der Waals surface area contributed by atoms with Crippen molar-refractivity contribution in [3.8, 4) is 56.4 Å².